The van der Waals surface area contributed by atoms with Gasteiger partial charge in [-0.15, -0.1) is 0 Å². The minimum absolute atomic E-state index is 0.828. The molecule has 0 radical (unpaired) electrons. The van der Waals surface area contributed by atoms with Gasteiger partial charge in [-0.3, -0.25) is 0 Å². The highest BCUT2D eigenvalue weighted by atomic mass is 16.5. The first-order chi connectivity index (χ1) is 15.6. The van der Waals surface area contributed by atoms with E-state index in [2.05, 4.69) is 34.6 Å². The van der Waals surface area contributed by atoms with Crippen LogP contribution in [0.15, 0.2) is 0 Å². The maximum absolute atomic E-state index is 5.91. The molecule has 0 saturated heterocycles. The molecule has 32 heavy (non-hydrogen) atoms. The maximum atomic E-state index is 5.91. The van der Waals surface area contributed by atoms with Gasteiger partial charge in [-0.1, -0.05) is 157 Å². The summed E-state index contributed by atoms with van der Waals surface area (Å²) in [4.78, 5) is 0. The van der Waals surface area contributed by atoms with Crippen LogP contribution in [0.2, 0.25) is 0 Å². The van der Waals surface area contributed by atoms with Crippen molar-refractivity contribution in [3.8, 4) is 0 Å². The van der Waals surface area contributed by atoms with Gasteiger partial charge in [0.1, 0.15) is 0 Å². The second-order valence-electron chi connectivity index (χ2n) is 11.5. The van der Waals surface area contributed by atoms with Crippen LogP contribution in [0, 0.1) is 17.8 Å². The molecular formula is C31H64O. The van der Waals surface area contributed by atoms with E-state index >= 15 is 0 Å². The number of ether oxygens (including phenoxy) is 1. The fourth-order valence-corrected chi connectivity index (χ4v) is 4.76. The Hall–Kier alpha value is -0.0400. The summed E-state index contributed by atoms with van der Waals surface area (Å²) in [7, 11) is 0. The number of unbranched alkanes of at least 4 members (excludes halogenated alkanes) is 13. The molecule has 0 aromatic carbocycles. The highest BCUT2D eigenvalue weighted by molar-refractivity contribution is 4.59. The average molecular weight is 453 g/mol. The van der Waals surface area contributed by atoms with Crippen LogP contribution >= 0.6 is 0 Å². The van der Waals surface area contributed by atoms with E-state index in [9.17, 15) is 0 Å². The minimum atomic E-state index is 0.828. The topological polar surface area (TPSA) is 9.23 Å². The van der Waals surface area contributed by atoms with Crippen molar-refractivity contribution < 1.29 is 4.74 Å². The largest absolute Gasteiger partial charge is 0.381 e. The van der Waals surface area contributed by atoms with Gasteiger partial charge in [0, 0.05) is 13.2 Å². The standard InChI is InChI=1S/C31H64O/c1-6-7-8-9-10-11-12-13-14-15-16-17-18-19-27-32-28-26-31(5)25-21-24-30(4)23-20-22-29(2)3/h29-31H,6-28H2,1-5H3. The predicted molar refractivity (Wildman–Crippen MR) is 147 cm³/mol. The molecular weight excluding hydrogens is 388 g/mol. The van der Waals surface area contributed by atoms with Gasteiger partial charge in [0.2, 0.25) is 0 Å². The van der Waals surface area contributed by atoms with Crippen LogP contribution in [-0.4, -0.2) is 13.2 Å². The Morgan fingerprint density at radius 3 is 1.28 bits per heavy atom. The van der Waals surface area contributed by atoms with Crippen LogP contribution in [0.25, 0.3) is 0 Å². The number of hydrogen-bond acceptors (Lipinski definition) is 1. The summed E-state index contributed by atoms with van der Waals surface area (Å²) < 4.78 is 5.91. The van der Waals surface area contributed by atoms with Crippen LogP contribution in [0.3, 0.4) is 0 Å². The van der Waals surface area contributed by atoms with Crippen molar-refractivity contribution >= 4 is 0 Å². The van der Waals surface area contributed by atoms with E-state index in [1.165, 1.54) is 135 Å². The molecule has 0 rings (SSSR count). The summed E-state index contributed by atoms with van der Waals surface area (Å²) in [6.45, 7) is 13.8. The highest BCUT2D eigenvalue weighted by Crippen LogP contribution is 2.20. The van der Waals surface area contributed by atoms with Crippen LogP contribution in [-0.2, 0) is 4.74 Å². The lowest BCUT2D eigenvalue weighted by Crippen LogP contribution is -2.04. The summed E-state index contributed by atoms with van der Waals surface area (Å²) in [5.74, 6) is 2.61. The molecule has 1 heteroatoms. The van der Waals surface area contributed by atoms with Crippen molar-refractivity contribution in [1.29, 1.82) is 0 Å². The first kappa shape index (κ1) is 32.0. The molecule has 0 N–H and O–H groups in total. The zero-order valence-electron chi connectivity index (χ0n) is 23.4. The molecule has 0 aliphatic rings. The monoisotopic (exact) mass is 452 g/mol. The van der Waals surface area contributed by atoms with E-state index in [1.54, 1.807) is 0 Å². The number of hydrogen-bond donors (Lipinski definition) is 0. The van der Waals surface area contributed by atoms with E-state index in [0.717, 1.165) is 31.0 Å². The van der Waals surface area contributed by atoms with E-state index in [1.807, 2.05) is 0 Å². The molecule has 0 heterocycles. The average Bonchev–Trinajstić information content (AvgIpc) is 2.75. The molecule has 2 atom stereocenters. The molecule has 2 unspecified atom stereocenters. The van der Waals surface area contributed by atoms with Crippen molar-refractivity contribution in [3.63, 3.8) is 0 Å². The van der Waals surface area contributed by atoms with Gasteiger partial charge in [-0.2, -0.15) is 0 Å². The van der Waals surface area contributed by atoms with Crippen LogP contribution in [0.1, 0.15) is 169 Å². The van der Waals surface area contributed by atoms with Gasteiger partial charge in [0.15, 0.2) is 0 Å². The maximum Gasteiger partial charge on any atom is 0.0468 e. The fraction of sp³-hybridized carbons (Fsp3) is 1.00. The van der Waals surface area contributed by atoms with E-state index in [4.69, 9.17) is 4.74 Å². The summed E-state index contributed by atoms with van der Waals surface area (Å²) in [6, 6.07) is 0. The predicted octanol–water partition coefficient (Wildman–Crippen LogP) is 11.1. The minimum Gasteiger partial charge on any atom is -0.381 e. The third kappa shape index (κ3) is 26.2. The summed E-state index contributed by atoms with van der Waals surface area (Å²) in [5, 5.41) is 0. The molecule has 0 aromatic heterocycles. The zero-order chi connectivity index (χ0) is 23.7. The third-order valence-corrected chi connectivity index (χ3v) is 7.27. The SMILES string of the molecule is CCCCCCCCCCCCCCCCOCCC(C)CCCC(C)CCCC(C)C. The van der Waals surface area contributed by atoms with Crippen molar-refractivity contribution in [3.05, 3.63) is 0 Å². The quantitative estimate of drug-likeness (QED) is 0.119. The van der Waals surface area contributed by atoms with Crippen molar-refractivity contribution in [2.75, 3.05) is 13.2 Å². The Balaban J connectivity index is 3.21. The van der Waals surface area contributed by atoms with E-state index in [-0.39, 0.29) is 0 Å². The second kappa shape index (κ2) is 25.6. The van der Waals surface area contributed by atoms with Gasteiger partial charge in [0.25, 0.3) is 0 Å². The Kier molecular flexibility index (Phi) is 25.5. The number of rotatable bonds is 26. The Labute approximate surface area is 205 Å². The van der Waals surface area contributed by atoms with Crippen molar-refractivity contribution in [1.82, 2.24) is 0 Å². The lowest BCUT2D eigenvalue weighted by atomic mass is 9.93. The molecule has 0 fully saturated rings. The first-order valence-electron chi connectivity index (χ1n) is 15.1. The van der Waals surface area contributed by atoms with Crippen molar-refractivity contribution in [2.24, 2.45) is 17.8 Å². The van der Waals surface area contributed by atoms with E-state index < -0.39 is 0 Å². The summed E-state index contributed by atoms with van der Waals surface area (Å²) >= 11 is 0. The Bertz CT molecular complexity index is 337. The van der Waals surface area contributed by atoms with E-state index in [0.29, 0.717) is 0 Å². The Morgan fingerprint density at radius 2 is 0.812 bits per heavy atom. The molecule has 194 valence electrons. The summed E-state index contributed by atoms with van der Waals surface area (Å²) in [5.41, 5.74) is 0. The smallest absolute Gasteiger partial charge is 0.0468 e. The molecule has 0 saturated carbocycles. The Morgan fingerprint density at radius 1 is 0.406 bits per heavy atom. The van der Waals surface area contributed by atoms with Crippen LogP contribution < -0.4 is 0 Å². The molecule has 0 aliphatic heterocycles. The van der Waals surface area contributed by atoms with Crippen molar-refractivity contribution in [2.45, 2.75) is 169 Å². The van der Waals surface area contributed by atoms with Crippen LogP contribution in [0.5, 0.6) is 0 Å². The van der Waals surface area contributed by atoms with Crippen LogP contribution in [0.4, 0.5) is 0 Å². The van der Waals surface area contributed by atoms with Gasteiger partial charge in [-0.25, -0.2) is 0 Å². The second-order valence-corrected chi connectivity index (χ2v) is 11.5. The van der Waals surface area contributed by atoms with Gasteiger partial charge in [0.05, 0.1) is 0 Å². The molecule has 0 amide bonds. The third-order valence-electron chi connectivity index (χ3n) is 7.27. The fourth-order valence-electron chi connectivity index (χ4n) is 4.76. The summed E-state index contributed by atoms with van der Waals surface area (Å²) in [6.07, 6.45) is 29.7. The highest BCUT2D eigenvalue weighted by Gasteiger charge is 2.06. The van der Waals surface area contributed by atoms with Gasteiger partial charge < -0.3 is 4.74 Å². The van der Waals surface area contributed by atoms with Gasteiger partial charge in [-0.05, 0) is 30.6 Å². The van der Waals surface area contributed by atoms with Gasteiger partial charge >= 0.3 is 0 Å². The lowest BCUT2D eigenvalue weighted by molar-refractivity contribution is 0.116. The lowest BCUT2D eigenvalue weighted by Gasteiger charge is -2.15. The first-order valence-corrected chi connectivity index (χ1v) is 15.1. The molecule has 1 nitrogen and oxygen atoms in total. The molecule has 0 spiro atoms. The molecule has 0 aromatic rings. The molecule has 0 bridgehead atoms. The normalized spacial score (nSPS) is 13.7. The molecule has 0 aliphatic carbocycles. The zero-order valence-corrected chi connectivity index (χ0v) is 23.4.